The van der Waals surface area contributed by atoms with E-state index < -0.39 is 5.41 Å². The first-order valence-electron chi connectivity index (χ1n) is 8.62. The van der Waals surface area contributed by atoms with Crippen LogP contribution < -0.4 is 0 Å². The second kappa shape index (κ2) is 4.45. The number of likely N-dealkylation sites (N-methyl/N-ethyl adjacent to an activating group) is 1. The zero-order valence-corrected chi connectivity index (χ0v) is 15.1. The van der Waals surface area contributed by atoms with Crippen molar-refractivity contribution in [1.82, 2.24) is 4.90 Å². The molecule has 2 aromatic carbocycles. The smallest absolute Gasteiger partial charge is 0.233 e. The van der Waals surface area contributed by atoms with E-state index in [1.807, 2.05) is 23.7 Å². The Balaban J connectivity index is 1.76. The maximum Gasteiger partial charge on any atom is 0.233 e. The predicted octanol–water partition coefficient (Wildman–Crippen LogP) is 4.04. The molecular weight excluding hydrogens is 314 g/mol. The van der Waals surface area contributed by atoms with Gasteiger partial charge in [-0.15, -0.1) is 11.8 Å². The number of benzene rings is 2. The van der Waals surface area contributed by atoms with Gasteiger partial charge in [0.2, 0.25) is 5.91 Å². The molecule has 1 amide bonds. The van der Waals surface area contributed by atoms with Gasteiger partial charge < -0.3 is 4.90 Å². The van der Waals surface area contributed by atoms with Crippen molar-refractivity contribution in [3.63, 3.8) is 0 Å². The summed E-state index contributed by atoms with van der Waals surface area (Å²) >= 11 is 1.98. The summed E-state index contributed by atoms with van der Waals surface area (Å²) in [5, 5.41) is 0.590. The molecule has 1 saturated heterocycles. The maximum atomic E-state index is 13.2. The highest BCUT2D eigenvalue weighted by Gasteiger charge is 2.66. The van der Waals surface area contributed by atoms with E-state index in [0.717, 1.165) is 6.42 Å². The van der Waals surface area contributed by atoms with Gasteiger partial charge in [0.1, 0.15) is 4.87 Å². The number of carbonyl (C=O) groups is 1. The first-order valence-corrected chi connectivity index (χ1v) is 9.50. The molecule has 3 heteroatoms. The van der Waals surface area contributed by atoms with Gasteiger partial charge >= 0.3 is 0 Å². The van der Waals surface area contributed by atoms with Crippen molar-refractivity contribution in [3.8, 4) is 0 Å². The Morgan fingerprint density at radius 3 is 2.50 bits per heavy atom. The fourth-order valence-electron chi connectivity index (χ4n) is 5.09. The van der Waals surface area contributed by atoms with Crippen molar-refractivity contribution in [2.75, 3.05) is 7.05 Å². The lowest BCUT2D eigenvalue weighted by Gasteiger charge is -2.61. The molecule has 3 atom stereocenters. The number of nitrogens with zero attached hydrogens (tertiary/aromatic N) is 1. The first-order chi connectivity index (χ1) is 11.5. The number of fused-ring (bicyclic) bond motifs is 6. The molecule has 0 aromatic heterocycles. The molecule has 2 nitrogen and oxygen atoms in total. The van der Waals surface area contributed by atoms with Crippen LogP contribution in [0.2, 0.25) is 0 Å². The number of hydrogen-bond acceptors (Lipinski definition) is 2. The van der Waals surface area contributed by atoms with Gasteiger partial charge in [0, 0.05) is 18.2 Å². The normalized spacial score (nSPS) is 32.1. The molecule has 2 unspecified atom stereocenters. The molecule has 122 valence electrons. The van der Waals surface area contributed by atoms with E-state index >= 15 is 0 Å². The average Bonchev–Trinajstić information content (AvgIpc) is 2.87. The molecule has 1 spiro atoms. The van der Waals surface area contributed by atoms with Crippen LogP contribution in [0.25, 0.3) is 0 Å². The summed E-state index contributed by atoms with van der Waals surface area (Å²) in [6.07, 6.45) is 1.13. The molecule has 0 radical (unpaired) electrons. The van der Waals surface area contributed by atoms with Gasteiger partial charge in [-0.25, -0.2) is 0 Å². The molecule has 5 rings (SSSR count). The molecule has 1 fully saturated rings. The van der Waals surface area contributed by atoms with Crippen LogP contribution in [-0.2, 0) is 21.5 Å². The fraction of sp³-hybridized carbons (Fsp3) is 0.381. The summed E-state index contributed by atoms with van der Waals surface area (Å²) in [5.41, 5.74) is 4.97. The van der Waals surface area contributed by atoms with Gasteiger partial charge in [-0.2, -0.15) is 0 Å². The van der Waals surface area contributed by atoms with Crippen molar-refractivity contribution < 1.29 is 4.79 Å². The van der Waals surface area contributed by atoms with E-state index in [9.17, 15) is 4.79 Å². The minimum absolute atomic E-state index is 0.233. The number of amides is 1. The Morgan fingerprint density at radius 2 is 1.71 bits per heavy atom. The highest BCUT2D eigenvalue weighted by atomic mass is 32.2. The minimum Gasteiger partial charge on any atom is -0.325 e. The van der Waals surface area contributed by atoms with E-state index in [2.05, 4.69) is 62.4 Å². The molecule has 1 aliphatic carbocycles. The van der Waals surface area contributed by atoms with Crippen LogP contribution in [0.5, 0.6) is 0 Å². The largest absolute Gasteiger partial charge is 0.325 e. The van der Waals surface area contributed by atoms with E-state index in [0.29, 0.717) is 11.2 Å². The van der Waals surface area contributed by atoms with E-state index in [-0.39, 0.29) is 10.8 Å². The third-order valence-corrected chi connectivity index (χ3v) is 8.11. The van der Waals surface area contributed by atoms with Crippen molar-refractivity contribution in [3.05, 3.63) is 70.8 Å². The highest BCUT2D eigenvalue weighted by molar-refractivity contribution is 8.02. The number of rotatable bonds is 0. The topological polar surface area (TPSA) is 20.3 Å². The summed E-state index contributed by atoms with van der Waals surface area (Å²) in [5.74, 6) is 0.640. The molecule has 0 bridgehead atoms. The van der Waals surface area contributed by atoms with Crippen LogP contribution in [0.1, 0.15) is 42.0 Å². The highest BCUT2D eigenvalue weighted by Crippen LogP contribution is 2.70. The summed E-state index contributed by atoms with van der Waals surface area (Å²) in [6.45, 7) is 4.11. The van der Waals surface area contributed by atoms with Crippen molar-refractivity contribution in [2.24, 2.45) is 0 Å². The van der Waals surface area contributed by atoms with E-state index in [1.165, 1.54) is 22.3 Å². The van der Waals surface area contributed by atoms with Gasteiger partial charge in [0.25, 0.3) is 0 Å². The van der Waals surface area contributed by atoms with Gasteiger partial charge in [-0.1, -0.05) is 48.5 Å². The monoisotopic (exact) mass is 335 g/mol. The quantitative estimate of drug-likeness (QED) is 0.724. The minimum atomic E-state index is -0.458. The summed E-state index contributed by atoms with van der Waals surface area (Å²) in [4.78, 5) is 15.0. The SMILES string of the molecule is CN1C(=O)C(C)(C)c2ccccc2[C@]12SC1Cc3ccccc3C12. The molecule has 0 N–H and O–H groups in total. The van der Waals surface area contributed by atoms with Crippen LogP contribution >= 0.6 is 11.8 Å². The molecule has 2 aliphatic heterocycles. The van der Waals surface area contributed by atoms with Crippen LogP contribution in [-0.4, -0.2) is 23.1 Å². The zero-order valence-electron chi connectivity index (χ0n) is 14.2. The summed E-state index contributed by atoms with van der Waals surface area (Å²) in [6, 6.07) is 17.4. The Morgan fingerprint density at radius 1 is 1.04 bits per heavy atom. The molecule has 0 saturated carbocycles. The average molecular weight is 335 g/mol. The number of thioether (sulfide) groups is 1. The summed E-state index contributed by atoms with van der Waals surface area (Å²) < 4.78 is 0. The van der Waals surface area contributed by atoms with Crippen molar-refractivity contribution in [2.45, 2.75) is 41.7 Å². The Kier molecular flexibility index (Phi) is 2.71. The van der Waals surface area contributed by atoms with E-state index in [1.54, 1.807) is 0 Å². The second-order valence-corrected chi connectivity index (χ2v) is 9.23. The lowest BCUT2D eigenvalue weighted by Crippen LogP contribution is -2.64. The molecule has 24 heavy (non-hydrogen) atoms. The molecule has 2 aromatic rings. The molecular formula is C21H21NOS. The van der Waals surface area contributed by atoms with Crippen LogP contribution in [0.15, 0.2) is 48.5 Å². The Labute approximate surface area is 147 Å². The van der Waals surface area contributed by atoms with Crippen LogP contribution in [0, 0.1) is 0 Å². The van der Waals surface area contributed by atoms with Crippen molar-refractivity contribution >= 4 is 17.7 Å². The summed E-state index contributed by atoms with van der Waals surface area (Å²) in [7, 11) is 2.00. The second-order valence-electron chi connectivity index (χ2n) is 7.77. The van der Waals surface area contributed by atoms with Gasteiger partial charge in [-0.05, 0) is 42.5 Å². The lowest BCUT2D eigenvalue weighted by atomic mass is 9.70. The van der Waals surface area contributed by atoms with Crippen LogP contribution in [0.4, 0.5) is 0 Å². The Hall–Kier alpha value is -1.74. The zero-order chi connectivity index (χ0) is 16.7. The fourth-order valence-corrected chi connectivity index (χ4v) is 7.05. The number of hydrogen-bond donors (Lipinski definition) is 0. The van der Waals surface area contributed by atoms with E-state index in [4.69, 9.17) is 0 Å². The number of carbonyl (C=O) groups excluding carboxylic acids is 1. The third kappa shape index (κ3) is 1.48. The molecule has 2 heterocycles. The van der Waals surface area contributed by atoms with Gasteiger partial charge in [-0.3, -0.25) is 4.79 Å². The standard InChI is InChI=1S/C21H21NOS/c1-20(2)15-10-6-7-11-16(15)21(22(3)19(20)23)18-14-9-5-4-8-13(14)12-17(18)24-21/h4-11,17-18H,12H2,1-3H3/t17?,18?,21-/m1/s1. The van der Waals surface area contributed by atoms with Crippen LogP contribution in [0.3, 0.4) is 0 Å². The van der Waals surface area contributed by atoms with Crippen molar-refractivity contribution in [1.29, 1.82) is 0 Å². The maximum absolute atomic E-state index is 13.2. The third-order valence-electron chi connectivity index (χ3n) is 6.26. The Bertz CT molecular complexity index is 874. The van der Waals surface area contributed by atoms with Gasteiger partial charge in [0.15, 0.2) is 0 Å². The molecule has 3 aliphatic rings. The predicted molar refractivity (Wildman–Crippen MR) is 98.2 cm³/mol. The first kappa shape index (κ1) is 14.6. The lowest BCUT2D eigenvalue weighted by molar-refractivity contribution is -0.141. The van der Waals surface area contributed by atoms with Gasteiger partial charge in [0.05, 0.1) is 5.41 Å².